The Balaban J connectivity index is 3.35. The van der Waals surface area contributed by atoms with Crippen molar-refractivity contribution in [3.8, 4) is 0 Å². The van der Waals surface area contributed by atoms with Gasteiger partial charge in [-0.3, -0.25) is 0 Å². The molecule has 1 heteroatoms. The molecule has 0 saturated carbocycles. The number of ether oxygens (including phenoxy) is 1. The minimum atomic E-state index is 0.202. The molecular formula is C7H12O. The molecule has 0 aromatic rings. The Morgan fingerprint density at radius 1 is 1.62 bits per heavy atom. The minimum Gasteiger partial charge on any atom is -0.378 e. The molecule has 0 saturated heterocycles. The van der Waals surface area contributed by atoms with Crippen LogP contribution in [0.2, 0.25) is 0 Å². The Hall–Kier alpha value is -0.560. The summed E-state index contributed by atoms with van der Waals surface area (Å²) >= 11 is 0. The molecule has 0 aliphatic heterocycles. The van der Waals surface area contributed by atoms with Crippen LogP contribution in [0.1, 0.15) is 6.92 Å². The van der Waals surface area contributed by atoms with Crippen molar-refractivity contribution >= 4 is 0 Å². The van der Waals surface area contributed by atoms with Gasteiger partial charge < -0.3 is 4.74 Å². The highest BCUT2D eigenvalue weighted by atomic mass is 16.5. The monoisotopic (exact) mass is 112 g/mol. The zero-order chi connectivity index (χ0) is 6.41. The average Bonchev–Trinajstić information content (AvgIpc) is 1.83. The van der Waals surface area contributed by atoms with Gasteiger partial charge in [0.1, 0.15) is 0 Å². The summed E-state index contributed by atoms with van der Waals surface area (Å²) in [5.74, 6) is 0. The second kappa shape index (κ2) is 4.60. The first-order chi connectivity index (χ1) is 3.81. The van der Waals surface area contributed by atoms with Crippen molar-refractivity contribution < 1.29 is 4.74 Å². The van der Waals surface area contributed by atoms with E-state index in [2.05, 4.69) is 6.58 Å². The average molecular weight is 112 g/mol. The first-order valence-electron chi connectivity index (χ1n) is 2.63. The molecule has 8 heavy (non-hydrogen) atoms. The third-order valence-electron chi connectivity index (χ3n) is 0.890. The van der Waals surface area contributed by atoms with Crippen molar-refractivity contribution in [2.75, 3.05) is 7.11 Å². The first-order valence-corrected chi connectivity index (χ1v) is 2.63. The predicted octanol–water partition coefficient (Wildman–Crippen LogP) is 1.76. The van der Waals surface area contributed by atoms with Gasteiger partial charge in [0.05, 0.1) is 6.10 Å². The number of rotatable bonds is 3. The third kappa shape index (κ3) is 3.62. The summed E-state index contributed by atoms with van der Waals surface area (Å²) in [6.07, 6.45) is 5.74. The highest BCUT2D eigenvalue weighted by Crippen LogP contribution is 1.88. The predicted molar refractivity (Wildman–Crippen MR) is 35.8 cm³/mol. The van der Waals surface area contributed by atoms with E-state index in [0.717, 1.165) is 0 Å². The molecule has 1 unspecified atom stereocenters. The maximum Gasteiger partial charge on any atom is 0.0726 e. The number of hydrogen-bond donors (Lipinski definition) is 0. The molecule has 0 bridgehead atoms. The van der Waals surface area contributed by atoms with E-state index in [-0.39, 0.29) is 6.10 Å². The SMILES string of the molecule is C=CC=CC(C)OC. The largest absolute Gasteiger partial charge is 0.378 e. The van der Waals surface area contributed by atoms with Gasteiger partial charge in [0.25, 0.3) is 0 Å². The Kier molecular flexibility index (Phi) is 4.27. The molecule has 0 aliphatic rings. The fraction of sp³-hybridized carbons (Fsp3) is 0.429. The van der Waals surface area contributed by atoms with E-state index in [4.69, 9.17) is 4.74 Å². The summed E-state index contributed by atoms with van der Waals surface area (Å²) in [6.45, 7) is 5.50. The molecule has 0 rings (SSSR count). The molecular weight excluding hydrogens is 100 g/mol. The molecule has 0 N–H and O–H groups in total. The van der Waals surface area contributed by atoms with Gasteiger partial charge in [0, 0.05) is 7.11 Å². The van der Waals surface area contributed by atoms with E-state index in [1.54, 1.807) is 13.2 Å². The summed E-state index contributed by atoms with van der Waals surface area (Å²) in [4.78, 5) is 0. The lowest BCUT2D eigenvalue weighted by Crippen LogP contribution is -1.97. The van der Waals surface area contributed by atoms with Gasteiger partial charge in [-0.25, -0.2) is 0 Å². The van der Waals surface area contributed by atoms with E-state index in [1.165, 1.54) is 0 Å². The van der Waals surface area contributed by atoms with Gasteiger partial charge in [-0.05, 0) is 6.92 Å². The molecule has 0 spiro atoms. The van der Waals surface area contributed by atoms with Crippen LogP contribution in [0.4, 0.5) is 0 Å². The van der Waals surface area contributed by atoms with Crippen molar-refractivity contribution in [1.29, 1.82) is 0 Å². The lowest BCUT2D eigenvalue weighted by atomic mass is 10.3. The summed E-state index contributed by atoms with van der Waals surface area (Å²) < 4.78 is 4.92. The molecule has 1 atom stereocenters. The van der Waals surface area contributed by atoms with Gasteiger partial charge in [-0.1, -0.05) is 24.8 Å². The Labute approximate surface area is 50.7 Å². The molecule has 0 fully saturated rings. The smallest absolute Gasteiger partial charge is 0.0726 e. The molecule has 0 heterocycles. The standard InChI is InChI=1S/C7H12O/c1-4-5-6-7(2)8-3/h4-7H,1H2,2-3H3. The van der Waals surface area contributed by atoms with Crippen LogP contribution in [-0.4, -0.2) is 13.2 Å². The zero-order valence-corrected chi connectivity index (χ0v) is 5.42. The normalized spacial score (nSPS) is 14.2. The van der Waals surface area contributed by atoms with Crippen molar-refractivity contribution in [1.82, 2.24) is 0 Å². The third-order valence-corrected chi connectivity index (χ3v) is 0.890. The Morgan fingerprint density at radius 3 is 2.62 bits per heavy atom. The number of hydrogen-bond acceptors (Lipinski definition) is 1. The van der Waals surface area contributed by atoms with Gasteiger partial charge in [0.2, 0.25) is 0 Å². The van der Waals surface area contributed by atoms with Crippen molar-refractivity contribution in [3.63, 3.8) is 0 Å². The van der Waals surface area contributed by atoms with Crippen LogP contribution in [0.5, 0.6) is 0 Å². The van der Waals surface area contributed by atoms with Crippen LogP contribution >= 0.6 is 0 Å². The van der Waals surface area contributed by atoms with Gasteiger partial charge in [-0.2, -0.15) is 0 Å². The van der Waals surface area contributed by atoms with E-state index in [0.29, 0.717) is 0 Å². The summed E-state index contributed by atoms with van der Waals surface area (Å²) in [6, 6.07) is 0. The van der Waals surface area contributed by atoms with Gasteiger partial charge in [-0.15, -0.1) is 0 Å². The maximum absolute atomic E-state index is 4.92. The second-order valence-corrected chi connectivity index (χ2v) is 1.56. The van der Waals surface area contributed by atoms with Crippen LogP contribution in [0.3, 0.4) is 0 Å². The van der Waals surface area contributed by atoms with Crippen LogP contribution in [0, 0.1) is 0 Å². The summed E-state index contributed by atoms with van der Waals surface area (Å²) in [7, 11) is 1.68. The van der Waals surface area contributed by atoms with Gasteiger partial charge in [0.15, 0.2) is 0 Å². The summed E-state index contributed by atoms with van der Waals surface area (Å²) in [5.41, 5.74) is 0. The quantitative estimate of drug-likeness (QED) is 0.505. The first kappa shape index (κ1) is 7.44. The highest BCUT2D eigenvalue weighted by Gasteiger charge is 1.86. The topological polar surface area (TPSA) is 9.23 Å². The van der Waals surface area contributed by atoms with Crippen LogP contribution < -0.4 is 0 Å². The fourth-order valence-electron chi connectivity index (χ4n) is 0.314. The molecule has 1 nitrogen and oxygen atoms in total. The van der Waals surface area contributed by atoms with Crippen LogP contribution in [-0.2, 0) is 4.74 Å². The fourth-order valence-corrected chi connectivity index (χ4v) is 0.314. The number of methoxy groups -OCH3 is 1. The maximum atomic E-state index is 4.92. The van der Waals surface area contributed by atoms with Crippen LogP contribution in [0.25, 0.3) is 0 Å². The molecule has 0 aromatic heterocycles. The van der Waals surface area contributed by atoms with E-state index in [1.807, 2.05) is 19.1 Å². The van der Waals surface area contributed by atoms with Gasteiger partial charge >= 0.3 is 0 Å². The number of allylic oxidation sites excluding steroid dienone is 2. The van der Waals surface area contributed by atoms with E-state index >= 15 is 0 Å². The van der Waals surface area contributed by atoms with Crippen molar-refractivity contribution in [2.45, 2.75) is 13.0 Å². The van der Waals surface area contributed by atoms with Crippen molar-refractivity contribution in [2.24, 2.45) is 0 Å². The summed E-state index contributed by atoms with van der Waals surface area (Å²) in [5, 5.41) is 0. The second-order valence-electron chi connectivity index (χ2n) is 1.56. The van der Waals surface area contributed by atoms with Crippen molar-refractivity contribution in [3.05, 3.63) is 24.8 Å². The van der Waals surface area contributed by atoms with E-state index in [9.17, 15) is 0 Å². The van der Waals surface area contributed by atoms with E-state index < -0.39 is 0 Å². The molecule has 0 aromatic carbocycles. The lowest BCUT2D eigenvalue weighted by molar-refractivity contribution is 0.156. The zero-order valence-electron chi connectivity index (χ0n) is 5.42. The van der Waals surface area contributed by atoms with Crippen LogP contribution in [0.15, 0.2) is 24.8 Å². The Morgan fingerprint density at radius 2 is 2.25 bits per heavy atom. The molecule has 46 valence electrons. The highest BCUT2D eigenvalue weighted by molar-refractivity contribution is 4.99. The molecule has 0 radical (unpaired) electrons. The Bertz CT molecular complexity index is 84.4. The molecule has 0 aliphatic carbocycles. The molecule has 0 amide bonds. The lowest BCUT2D eigenvalue weighted by Gasteiger charge is -1.98. The minimum absolute atomic E-state index is 0.202.